The van der Waals surface area contributed by atoms with Crippen LogP contribution in [0.5, 0.6) is 0 Å². The van der Waals surface area contributed by atoms with Gasteiger partial charge in [0.15, 0.2) is 5.78 Å². The van der Waals surface area contributed by atoms with Gasteiger partial charge in [0.1, 0.15) is 15.9 Å². The van der Waals surface area contributed by atoms with Crippen molar-refractivity contribution in [3.05, 3.63) is 0 Å². The molecule has 1 saturated carbocycles. The lowest BCUT2D eigenvalue weighted by atomic mass is 9.83. The number of hydrogen-bond donors (Lipinski definition) is 0. The maximum Gasteiger partial charge on any atom is 0.162 e. The summed E-state index contributed by atoms with van der Waals surface area (Å²) in [7, 11) is -3.07. The fourth-order valence-corrected chi connectivity index (χ4v) is 3.11. The van der Waals surface area contributed by atoms with E-state index in [-0.39, 0.29) is 23.9 Å². The molecule has 1 fully saturated rings. The number of sulfone groups is 1. The zero-order valence-corrected chi connectivity index (χ0v) is 12.2. The van der Waals surface area contributed by atoms with Gasteiger partial charge in [-0.1, -0.05) is 19.3 Å². The normalized spacial score (nSPS) is 19.7. The Morgan fingerprint density at radius 2 is 1.89 bits per heavy atom. The first kappa shape index (κ1) is 15.6. The van der Waals surface area contributed by atoms with Crippen molar-refractivity contribution >= 4 is 15.6 Å². The summed E-state index contributed by atoms with van der Waals surface area (Å²) in [5, 5.41) is 0. The Balaban J connectivity index is 2.56. The Morgan fingerprint density at radius 3 is 2.39 bits per heavy atom. The number of Topliss-reactive ketones (excluding diaryl/α,β-unsaturated/α-hetero) is 1. The number of hydrogen-bond acceptors (Lipinski definition) is 4. The zero-order chi connectivity index (χ0) is 13.6. The van der Waals surface area contributed by atoms with Crippen LogP contribution in [0.15, 0.2) is 0 Å². The van der Waals surface area contributed by atoms with Crippen molar-refractivity contribution in [2.45, 2.75) is 51.6 Å². The third-order valence-corrected chi connectivity index (χ3v) is 4.41. The summed E-state index contributed by atoms with van der Waals surface area (Å²) < 4.78 is 27.8. The molecule has 1 aliphatic rings. The average Bonchev–Trinajstić information content (AvgIpc) is 2.33. The van der Waals surface area contributed by atoms with Crippen LogP contribution in [0.25, 0.3) is 0 Å². The maximum absolute atomic E-state index is 12.1. The molecule has 5 heteroatoms. The van der Waals surface area contributed by atoms with E-state index < -0.39 is 15.9 Å². The summed E-state index contributed by atoms with van der Waals surface area (Å²) in [6, 6.07) is 0. The molecule has 0 spiro atoms. The second-order valence-electron chi connectivity index (χ2n) is 5.12. The summed E-state index contributed by atoms with van der Waals surface area (Å²) in [4.78, 5) is 12.1. The van der Waals surface area contributed by atoms with E-state index in [1.165, 1.54) is 6.42 Å². The van der Waals surface area contributed by atoms with Crippen LogP contribution in [0.4, 0.5) is 0 Å². The lowest BCUT2D eigenvalue weighted by Gasteiger charge is -2.29. The smallest absolute Gasteiger partial charge is 0.162 e. The van der Waals surface area contributed by atoms with Crippen LogP contribution in [-0.4, -0.2) is 38.9 Å². The van der Waals surface area contributed by atoms with Gasteiger partial charge < -0.3 is 4.74 Å². The van der Waals surface area contributed by atoms with Gasteiger partial charge in [0.05, 0.1) is 5.75 Å². The molecule has 4 nitrogen and oxygen atoms in total. The summed E-state index contributed by atoms with van der Waals surface area (Å²) in [6.07, 6.45) is 6.42. The lowest BCUT2D eigenvalue weighted by Crippen LogP contribution is -2.35. The predicted molar refractivity (Wildman–Crippen MR) is 71.3 cm³/mol. The molecule has 1 unspecified atom stereocenters. The second kappa shape index (κ2) is 7.24. The van der Waals surface area contributed by atoms with Gasteiger partial charge >= 0.3 is 0 Å². The highest BCUT2D eigenvalue weighted by molar-refractivity contribution is 7.90. The van der Waals surface area contributed by atoms with Crippen LogP contribution >= 0.6 is 0 Å². The minimum absolute atomic E-state index is 0.0471. The van der Waals surface area contributed by atoms with Crippen LogP contribution in [0.2, 0.25) is 0 Å². The van der Waals surface area contributed by atoms with E-state index in [4.69, 9.17) is 4.74 Å². The lowest BCUT2D eigenvalue weighted by molar-refractivity contribution is -0.134. The van der Waals surface area contributed by atoms with Crippen LogP contribution in [0.1, 0.15) is 45.4 Å². The molecule has 1 rings (SSSR count). The molecule has 0 amide bonds. The minimum atomic E-state index is -3.07. The quantitative estimate of drug-likeness (QED) is 0.713. The van der Waals surface area contributed by atoms with Crippen molar-refractivity contribution < 1.29 is 17.9 Å². The standard InChI is InChI=1S/C13H24O4S/c1-3-17-13(11-7-5-4-6-8-11)12(14)9-10-18(2,15)16/h11,13H,3-10H2,1-2H3. The van der Waals surface area contributed by atoms with Crippen LogP contribution in [-0.2, 0) is 19.4 Å². The second-order valence-corrected chi connectivity index (χ2v) is 7.38. The molecule has 0 aromatic rings. The predicted octanol–water partition coefficient (Wildman–Crippen LogP) is 1.98. The van der Waals surface area contributed by atoms with Crippen molar-refractivity contribution in [3.8, 4) is 0 Å². The molecular weight excluding hydrogens is 252 g/mol. The first-order valence-electron chi connectivity index (χ1n) is 6.76. The molecule has 1 aliphatic carbocycles. The van der Waals surface area contributed by atoms with Gasteiger partial charge in [-0.15, -0.1) is 0 Å². The van der Waals surface area contributed by atoms with Crippen LogP contribution in [0, 0.1) is 5.92 Å². The Bertz CT molecular complexity index is 355. The van der Waals surface area contributed by atoms with E-state index in [1.54, 1.807) is 0 Å². The van der Waals surface area contributed by atoms with Crippen molar-refractivity contribution in [3.63, 3.8) is 0 Å². The Kier molecular flexibility index (Phi) is 6.29. The van der Waals surface area contributed by atoms with Gasteiger partial charge in [-0.05, 0) is 25.7 Å². The highest BCUT2D eigenvalue weighted by Gasteiger charge is 2.29. The number of rotatable bonds is 7. The highest BCUT2D eigenvalue weighted by atomic mass is 32.2. The van der Waals surface area contributed by atoms with Crippen molar-refractivity contribution in [1.82, 2.24) is 0 Å². The number of ether oxygens (including phenoxy) is 1. The number of carbonyl (C=O) groups is 1. The molecule has 1 atom stereocenters. The molecule has 0 radical (unpaired) electrons. The summed E-state index contributed by atoms with van der Waals surface area (Å²) >= 11 is 0. The van der Waals surface area contributed by atoms with Gasteiger partial charge in [0.25, 0.3) is 0 Å². The Labute approximate surface area is 110 Å². The molecular formula is C13H24O4S. The summed E-state index contributed by atoms with van der Waals surface area (Å²) in [6.45, 7) is 2.38. The molecule has 0 aliphatic heterocycles. The SMILES string of the molecule is CCOC(C(=O)CCS(C)(=O)=O)C1CCCCC1. The molecule has 0 saturated heterocycles. The maximum atomic E-state index is 12.1. The largest absolute Gasteiger partial charge is 0.370 e. The Morgan fingerprint density at radius 1 is 1.28 bits per heavy atom. The van der Waals surface area contributed by atoms with Crippen molar-refractivity contribution in [2.75, 3.05) is 18.6 Å². The third kappa shape index (κ3) is 5.48. The van der Waals surface area contributed by atoms with Crippen molar-refractivity contribution in [2.24, 2.45) is 5.92 Å². The average molecular weight is 276 g/mol. The van der Waals surface area contributed by atoms with E-state index in [9.17, 15) is 13.2 Å². The third-order valence-electron chi connectivity index (χ3n) is 3.46. The van der Waals surface area contributed by atoms with Gasteiger partial charge in [0.2, 0.25) is 0 Å². The molecule has 106 valence electrons. The van der Waals surface area contributed by atoms with Crippen LogP contribution < -0.4 is 0 Å². The van der Waals surface area contributed by atoms with E-state index >= 15 is 0 Å². The fraction of sp³-hybridized carbons (Fsp3) is 0.923. The number of ketones is 1. The Hall–Kier alpha value is -0.420. The van der Waals surface area contributed by atoms with E-state index in [1.807, 2.05) is 6.92 Å². The monoisotopic (exact) mass is 276 g/mol. The summed E-state index contributed by atoms with van der Waals surface area (Å²) in [5.41, 5.74) is 0. The van der Waals surface area contributed by atoms with E-state index in [0.717, 1.165) is 31.9 Å². The molecule has 0 bridgehead atoms. The van der Waals surface area contributed by atoms with E-state index in [2.05, 4.69) is 0 Å². The molecule has 0 N–H and O–H groups in total. The van der Waals surface area contributed by atoms with E-state index in [0.29, 0.717) is 6.61 Å². The van der Waals surface area contributed by atoms with Gasteiger partial charge in [-0.2, -0.15) is 0 Å². The van der Waals surface area contributed by atoms with Crippen LogP contribution in [0.3, 0.4) is 0 Å². The first-order valence-corrected chi connectivity index (χ1v) is 8.82. The number of carbonyl (C=O) groups excluding carboxylic acids is 1. The summed E-state index contributed by atoms with van der Waals surface area (Å²) in [5.74, 6) is 0.169. The highest BCUT2D eigenvalue weighted by Crippen LogP contribution is 2.29. The van der Waals surface area contributed by atoms with Gasteiger partial charge in [-0.3, -0.25) is 4.79 Å². The zero-order valence-electron chi connectivity index (χ0n) is 11.4. The fourth-order valence-electron chi connectivity index (χ4n) is 2.54. The topological polar surface area (TPSA) is 60.4 Å². The molecule has 0 aromatic carbocycles. The van der Waals surface area contributed by atoms with Gasteiger partial charge in [0, 0.05) is 19.3 Å². The molecule has 0 aromatic heterocycles. The van der Waals surface area contributed by atoms with Crippen molar-refractivity contribution in [1.29, 1.82) is 0 Å². The minimum Gasteiger partial charge on any atom is -0.370 e. The first-order chi connectivity index (χ1) is 8.44. The molecule has 0 heterocycles. The molecule has 18 heavy (non-hydrogen) atoms. The van der Waals surface area contributed by atoms with Gasteiger partial charge in [-0.25, -0.2) is 8.42 Å².